The maximum atomic E-state index is 13.5. The van der Waals surface area contributed by atoms with Gasteiger partial charge in [0.05, 0.1) is 0 Å². The van der Waals surface area contributed by atoms with Crippen molar-refractivity contribution in [3.63, 3.8) is 0 Å². The molecule has 0 fully saturated rings. The van der Waals surface area contributed by atoms with Gasteiger partial charge >= 0.3 is 0 Å². The maximum absolute atomic E-state index is 13.5. The number of hydrogen-bond donors (Lipinski definition) is 0. The zero-order chi connectivity index (χ0) is 9.26. The molecule has 0 aliphatic carbocycles. The van der Waals surface area contributed by atoms with Crippen molar-refractivity contribution < 1.29 is 4.39 Å². The zero-order valence-electron chi connectivity index (χ0n) is 7.12. The first-order valence-corrected chi connectivity index (χ1v) is 4.82. The van der Waals surface area contributed by atoms with Gasteiger partial charge in [-0.1, -0.05) is 12.1 Å². The molecule has 2 aromatic rings. The van der Waals surface area contributed by atoms with E-state index in [1.165, 1.54) is 11.3 Å². The average Bonchev–Trinajstić information content (AvgIpc) is 2.62. The van der Waals surface area contributed by atoms with E-state index in [2.05, 4.69) is 4.98 Å². The highest BCUT2D eigenvalue weighted by Gasteiger charge is 2.08. The van der Waals surface area contributed by atoms with Crippen molar-refractivity contribution in [1.82, 2.24) is 4.98 Å². The lowest BCUT2D eigenvalue weighted by Crippen LogP contribution is -1.86. The van der Waals surface area contributed by atoms with Crippen molar-refractivity contribution >= 4 is 11.3 Å². The third-order valence-corrected chi connectivity index (χ3v) is 2.66. The fourth-order valence-electron chi connectivity index (χ4n) is 1.17. The molecule has 0 saturated heterocycles. The molecule has 0 bridgehead atoms. The molecule has 0 spiro atoms. The number of aromatic nitrogens is 1. The van der Waals surface area contributed by atoms with Crippen molar-refractivity contribution in [1.29, 1.82) is 0 Å². The second-order valence-corrected chi connectivity index (χ2v) is 3.67. The van der Waals surface area contributed by atoms with E-state index < -0.39 is 0 Å². The van der Waals surface area contributed by atoms with Gasteiger partial charge in [0.1, 0.15) is 10.8 Å². The smallest absolute Gasteiger partial charge is 0.136 e. The molecule has 0 aliphatic heterocycles. The van der Waals surface area contributed by atoms with Gasteiger partial charge in [0, 0.05) is 17.1 Å². The van der Waals surface area contributed by atoms with Crippen LogP contribution >= 0.6 is 11.3 Å². The SMILES string of the molecule is Cc1cccc(-c2nccs2)c1F. The standard InChI is InChI=1S/C10H8FNS/c1-7-3-2-4-8(9(7)11)10-12-5-6-13-10/h2-6H,1H3. The molecule has 0 N–H and O–H groups in total. The number of nitrogens with zero attached hydrogens (tertiary/aromatic N) is 1. The van der Waals surface area contributed by atoms with Crippen molar-refractivity contribution in [2.75, 3.05) is 0 Å². The highest BCUT2D eigenvalue weighted by atomic mass is 32.1. The first kappa shape index (κ1) is 8.38. The second-order valence-electron chi connectivity index (χ2n) is 2.77. The van der Waals surface area contributed by atoms with Crippen LogP contribution in [0, 0.1) is 12.7 Å². The summed E-state index contributed by atoms with van der Waals surface area (Å²) in [5.74, 6) is -0.169. The minimum absolute atomic E-state index is 0.169. The van der Waals surface area contributed by atoms with Crippen LogP contribution in [0.5, 0.6) is 0 Å². The van der Waals surface area contributed by atoms with Gasteiger partial charge in [0.25, 0.3) is 0 Å². The summed E-state index contributed by atoms with van der Waals surface area (Å²) >= 11 is 1.45. The first-order chi connectivity index (χ1) is 6.29. The molecule has 1 nitrogen and oxygen atoms in total. The summed E-state index contributed by atoms with van der Waals surface area (Å²) in [6.07, 6.45) is 1.68. The molecule has 2 rings (SSSR count). The van der Waals surface area contributed by atoms with E-state index in [4.69, 9.17) is 0 Å². The highest BCUT2D eigenvalue weighted by molar-refractivity contribution is 7.13. The quantitative estimate of drug-likeness (QED) is 0.677. The van der Waals surface area contributed by atoms with Gasteiger partial charge in [-0.25, -0.2) is 9.37 Å². The number of aryl methyl sites for hydroxylation is 1. The number of rotatable bonds is 1. The van der Waals surface area contributed by atoms with Crippen molar-refractivity contribution in [3.05, 3.63) is 41.2 Å². The van der Waals surface area contributed by atoms with Crippen LogP contribution in [0.15, 0.2) is 29.8 Å². The van der Waals surface area contributed by atoms with E-state index >= 15 is 0 Å². The van der Waals surface area contributed by atoms with Crippen LogP contribution in [0.4, 0.5) is 4.39 Å². The Kier molecular flexibility index (Phi) is 2.10. The van der Waals surface area contributed by atoms with E-state index in [9.17, 15) is 4.39 Å². The Morgan fingerprint density at radius 3 is 2.92 bits per heavy atom. The molecule has 0 aliphatic rings. The van der Waals surface area contributed by atoms with Gasteiger partial charge in [-0.15, -0.1) is 11.3 Å². The van der Waals surface area contributed by atoms with Crippen LogP contribution in [0.3, 0.4) is 0 Å². The molecule has 3 heteroatoms. The van der Waals surface area contributed by atoms with Crippen LogP contribution in [-0.2, 0) is 0 Å². The molecule has 1 aromatic heterocycles. The van der Waals surface area contributed by atoms with Crippen LogP contribution in [0.2, 0.25) is 0 Å². The molecule has 1 aromatic carbocycles. The van der Waals surface area contributed by atoms with Crippen LogP contribution in [0.1, 0.15) is 5.56 Å². The Hall–Kier alpha value is -1.22. The Labute approximate surface area is 79.9 Å². The molecule has 1 heterocycles. The Bertz CT molecular complexity index is 409. The molecule has 0 saturated carbocycles. The molecule has 0 amide bonds. The Balaban J connectivity index is 2.59. The summed E-state index contributed by atoms with van der Waals surface area (Å²) in [6, 6.07) is 5.35. The summed E-state index contributed by atoms with van der Waals surface area (Å²) in [4.78, 5) is 4.07. The second kappa shape index (κ2) is 3.26. The van der Waals surface area contributed by atoms with Crippen LogP contribution in [-0.4, -0.2) is 4.98 Å². The van der Waals surface area contributed by atoms with Crippen molar-refractivity contribution in [2.45, 2.75) is 6.92 Å². The van der Waals surface area contributed by atoms with Crippen LogP contribution < -0.4 is 0 Å². The number of hydrogen-bond acceptors (Lipinski definition) is 2. The summed E-state index contributed by atoms with van der Waals surface area (Å²) < 4.78 is 13.5. The molecule has 0 atom stereocenters. The van der Waals surface area contributed by atoms with E-state index in [0.717, 1.165) is 5.01 Å². The average molecular weight is 193 g/mol. The molecule has 66 valence electrons. The lowest BCUT2D eigenvalue weighted by Gasteiger charge is -2.00. The summed E-state index contributed by atoms with van der Waals surface area (Å²) in [5.41, 5.74) is 1.25. The predicted octanol–water partition coefficient (Wildman–Crippen LogP) is 3.26. The third-order valence-electron chi connectivity index (χ3n) is 1.85. The van der Waals surface area contributed by atoms with Gasteiger partial charge in [0.2, 0.25) is 0 Å². The normalized spacial score (nSPS) is 10.3. The third kappa shape index (κ3) is 1.47. The molecule has 0 unspecified atom stereocenters. The molecule has 0 radical (unpaired) electrons. The van der Waals surface area contributed by atoms with Crippen molar-refractivity contribution in [3.8, 4) is 10.6 Å². The van der Waals surface area contributed by atoms with Gasteiger partial charge in [-0.2, -0.15) is 0 Å². The van der Waals surface area contributed by atoms with Gasteiger partial charge in [0.15, 0.2) is 0 Å². The number of halogens is 1. The Morgan fingerprint density at radius 2 is 2.23 bits per heavy atom. The number of thiazole rings is 1. The first-order valence-electron chi connectivity index (χ1n) is 3.94. The van der Waals surface area contributed by atoms with Gasteiger partial charge in [-0.05, 0) is 18.6 Å². The molecular weight excluding hydrogens is 185 g/mol. The summed E-state index contributed by atoms with van der Waals surface area (Å²) in [6.45, 7) is 1.76. The predicted molar refractivity (Wildman–Crippen MR) is 52.2 cm³/mol. The largest absolute Gasteiger partial charge is 0.244 e. The van der Waals surface area contributed by atoms with E-state index in [-0.39, 0.29) is 5.82 Å². The molecular formula is C10H8FNS. The molecule has 13 heavy (non-hydrogen) atoms. The summed E-state index contributed by atoms with van der Waals surface area (Å²) in [5, 5.41) is 2.58. The fraction of sp³-hybridized carbons (Fsp3) is 0.100. The van der Waals surface area contributed by atoms with Gasteiger partial charge in [-0.3, -0.25) is 0 Å². The maximum Gasteiger partial charge on any atom is 0.136 e. The van der Waals surface area contributed by atoms with E-state index in [0.29, 0.717) is 11.1 Å². The van der Waals surface area contributed by atoms with Crippen molar-refractivity contribution in [2.24, 2.45) is 0 Å². The minimum Gasteiger partial charge on any atom is -0.244 e. The summed E-state index contributed by atoms with van der Waals surface area (Å²) in [7, 11) is 0. The lowest BCUT2D eigenvalue weighted by atomic mass is 10.1. The zero-order valence-corrected chi connectivity index (χ0v) is 7.94. The van der Waals surface area contributed by atoms with E-state index in [1.54, 1.807) is 25.3 Å². The topological polar surface area (TPSA) is 12.9 Å². The number of benzene rings is 1. The van der Waals surface area contributed by atoms with Crippen LogP contribution in [0.25, 0.3) is 10.6 Å². The highest BCUT2D eigenvalue weighted by Crippen LogP contribution is 2.25. The lowest BCUT2D eigenvalue weighted by molar-refractivity contribution is 0.622. The van der Waals surface area contributed by atoms with E-state index in [1.807, 2.05) is 11.4 Å². The monoisotopic (exact) mass is 193 g/mol. The Morgan fingerprint density at radius 1 is 1.38 bits per heavy atom. The fourth-order valence-corrected chi connectivity index (χ4v) is 1.83. The van der Waals surface area contributed by atoms with Gasteiger partial charge < -0.3 is 0 Å². The minimum atomic E-state index is -0.169.